The average molecular weight is 669 g/mol. The molecule has 4 N–H and O–H groups in total. The average Bonchev–Trinajstić information content (AvgIpc) is 3.96. The quantitative estimate of drug-likeness (QED) is 0.164. The zero-order valence-corrected chi connectivity index (χ0v) is 26.0. The van der Waals surface area contributed by atoms with Crippen LogP contribution < -0.4 is 26.0 Å². The summed E-state index contributed by atoms with van der Waals surface area (Å²) in [6.45, 7) is 3.11. The minimum absolute atomic E-state index is 0.0396. The normalized spacial score (nSPS) is 19.5. The van der Waals surface area contributed by atoms with E-state index in [2.05, 4.69) is 70.2 Å². The molecule has 2 aromatic heterocycles. The molecular formula is C33H36F4N8O3. The van der Waals surface area contributed by atoms with E-state index in [1.807, 2.05) is 24.4 Å². The van der Waals surface area contributed by atoms with Crippen LogP contribution in [0.25, 0.3) is 0 Å². The van der Waals surface area contributed by atoms with Gasteiger partial charge in [-0.25, -0.2) is 15.0 Å². The van der Waals surface area contributed by atoms with Crippen molar-refractivity contribution in [2.24, 2.45) is 0 Å². The molecule has 2 saturated heterocycles. The number of ether oxygens (including phenoxy) is 3. The minimum atomic E-state index is -4.59. The number of morpholine rings is 2. The molecule has 0 radical (unpaired) electrons. The van der Waals surface area contributed by atoms with Crippen molar-refractivity contribution >= 4 is 23.3 Å². The first-order valence-electron chi connectivity index (χ1n) is 15.7. The molecule has 4 aromatic rings. The third kappa shape index (κ3) is 9.79. The van der Waals surface area contributed by atoms with Gasteiger partial charge in [0, 0.05) is 55.4 Å². The van der Waals surface area contributed by atoms with Crippen LogP contribution in [-0.4, -0.2) is 72.1 Å². The second-order valence-electron chi connectivity index (χ2n) is 11.5. The maximum absolute atomic E-state index is 13.5. The molecule has 254 valence electrons. The lowest BCUT2D eigenvalue weighted by Gasteiger charge is -2.24. The zero-order valence-electron chi connectivity index (χ0n) is 26.0. The van der Waals surface area contributed by atoms with Crippen LogP contribution in [-0.2, 0) is 9.47 Å². The topological polar surface area (TPSA) is 127 Å². The van der Waals surface area contributed by atoms with Crippen molar-refractivity contribution < 1.29 is 31.8 Å². The Kier molecular flexibility index (Phi) is 10.9. The first kappa shape index (κ1) is 33.5. The van der Waals surface area contributed by atoms with Gasteiger partial charge in [-0.05, 0) is 54.3 Å². The summed E-state index contributed by atoms with van der Waals surface area (Å²) < 4.78 is 65.8. The molecule has 0 spiro atoms. The molecule has 1 aliphatic carbocycles. The number of hydrogen-bond acceptors (Lipinski definition) is 11. The molecule has 0 unspecified atom stereocenters. The van der Waals surface area contributed by atoms with E-state index in [-0.39, 0.29) is 18.2 Å². The molecule has 15 heteroatoms. The molecule has 3 fully saturated rings. The van der Waals surface area contributed by atoms with Gasteiger partial charge in [-0.15, -0.1) is 0 Å². The lowest BCUT2D eigenvalue weighted by molar-refractivity contribution is -0.154. The van der Waals surface area contributed by atoms with Crippen LogP contribution >= 0.6 is 0 Å². The highest BCUT2D eigenvalue weighted by atomic mass is 19.4. The van der Waals surface area contributed by atoms with E-state index < -0.39 is 24.5 Å². The standard InChI is InChI=1S/C17H20N4O.C16H16F4N4O2/c1-2-12(1)15-7-8-19-17(21-15)20-14-5-3-13(4-6-14)16-11-18-9-10-22-16;17-12-7-22-15(24-14(12)26-9-16(18,19)20)23-11-3-1-10(2-4-11)13-8-21-5-6-25-13/h3-8,12,16,18H,1-2,9-11H2,(H,19,20,21);1-4,7,13,21H,5-6,8-9H2,(H,22,23,24)/t16-;13-/m00/s1. The summed E-state index contributed by atoms with van der Waals surface area (Å²) in [5, 5.41) is 12.7. The highest BCUT2D eigenvalue weighted by Crippen LogP contribution is 2.39. The molecule has 1 saturated carbocycles. The van der Waals surface area contributed by atoms with Crippen LogP contribution in [0.2, 0.25) is 0 Å². The number of hydrogen-bond donors (Lipinski definition) is 4. The fourth-order valence-corrected chi connectivity index (χ4v) is 5.08. The van der Waals surface area contributed by atoms with Crippen LogP contribution in [0, 0.1) is 5.82 Å². The lowest BCUT2D eigenvalue weighted by Crippen LogP contribution is -2.33. The highest BCUT2D eigenvalue weighted by molar-refractivity contribution is 5.55. The van der Waals surface area contributed by atoms with E-state index in [4.69, 9.17) is 9.47 Å². The molecule has 48 heavy (non-hydrogen) atoms. The number of aromatic nitrogens is 4. The van der Waals surface area contributed by atoms with E-state index in [0.29, 0.717) is 30.7 Å². The van der Waals surface area contributed by atoms with Gasteiger partial charge in [0.1, 0.15) is 0 Å². The fourth-order valence-electron chi connectivity index (χ4n) is 5.08. The van der Waals surface area contributed by atoms with E-state index in [9.17, 15) is 17.6 Å². The van der Waals surface area contributed by atoms with Crippen LogP contribution in [0.1, 0.15) is 47.8 Å². The number of halogens is 4. The van der Waals surface area contributed by atoms with E-state index in [1.54, 1.807) is 12.1 Å². The molecular weight excluding hydrogens is 632 g/mol. The second kappa shape index (κ2) is 15.6. The van der Waals surface area contributed by atoms with Gasteiger partial charge >= 0.3 is 6.18 Å². The maximum Gasteiger partial charge on any atom is 0.422 e. The van der Waals surface area contributed by atoms with Gasteiger partial charge in [-0.3, -0.25) is 0 Å². The van der Waals surface area contributed by atoms with Crippen LogP contribution in [0.4, 0.5) is 40.8 Å². The second-order valence-corrected chi connectivity index (χ2v) is 11.5. The van der Waals surface area contributed by atoms with Crippen molar-refractivity contribution in [2.45, 2.75) is 37.1 Å². The Hall–Kier alpha value is -4.44. The zero-order chi connectivity index (χ0) is 33.3. The van der Waals surface area contributed by atoms with Crippen LogP contribution in [0.5, 0.6) is 5.88 Å². The number of benzene rings is 2. The molecule has 2 aliphatic heterocycles. The molecule has 2 atom stereocenters. The summed E-state index contributed by atoms with van der Waals surface area (Å²) >= 11 is 0. The third-order valence-corrected chi connectivity index (χ3v) is 7.69. The first-order chi connectivity index (χ1) is 23.3. The molecule has 0 bridgehead atoms. The number of nitrogens with one attached hydrogen (secondary N) is 4. The van der Waals surface area contributed by atoms with Crippen molar-refractivity contribution in [1.82, 2.24) is 30.6 Å². The van der Waals surface area contributed by atoms with Crippen LogP contribution in [0.3, 0.4) is 0 Å². The Morgan fingerprint density at radius 1 is 0.771 bits per heavy atom. The Bertz CT molecular complexity index is 1610. The van der Waals surface area contributed by atoms with Gasteiger partial charge in [-0.2, -0.15) is 22.5 Å². The molecule has 4 heterocycles. The van der Waals surface area contributed by atoms with Gasteiger partial charge < -0.3 is 35.5 Å². The summed E-state index contributed by atoms with van der Waals surface area (Å²) in [5.74, 6) is -0.600. The SMILES string of the molecule is Fc1cnc(Nc2ccc([C@@H]3CNCCO3)cc2)nc1OCC(F)(F)F.c1cc(C2CC2)nc(Nc2ccc([C@@H]3CNCCO3)cc2)n1. The number of anilines is 4. The smallest absolute Gasteiger partial charge is 0.422 e. The van der Waals surface area contributed by atoms with Gasteiger partial charge in [0.25, 0.3) is 5.88 Å². The van der Waals surface area contributed by atoms with Crippen molar-refractivity contribution in [3.05, 3.63) is 89.6 Å². The van der Waals surface area contributed by atoms with E-state index >= 15 is 0 Å². The summed E-state index contributed by atoms with van der Waals surface area (Å²) in [5.41, 5.74) is 4.92. The van der Waals surface area contributed by atoms with Crippen molar-refractivity contribution in [3.8, 4) is 5.88 Å². The van der Waals surface area contributed by atoms with Crippen molar-refractivity contribution in [1.29, 1.82) is 0 Å². The molecule has 2 aromatic carbocycles. The summed E-state index contributed by atoms with van der Waals surface area (Å²) in [4.78, 5) is 16.2. The van der Waals surface area contributed by atoms with Crippen molar-refractivity contribution in [3.63, 3.8) is 0 Å². The number of rotatable bonds is 9. The largest absolute Gasteiger partial charge is 0.466 e. The van der Waals surface area contributed by atoms with Crippen molar-refractivity contribution in [2.75, 3.05) is 56.6 Å². The highest BCUT2D eigenvalue weighted by Gasteiger charge is 2.29. The van der Waals surface area contributed by atoms with Gasteiger partial charge in [0.15, 0.2) is 6.61 Å². The minimum Gasteiger partial charge on any atom is -0.466 e. The fraction of sp³-hybridized carbons (Fsp3) is 0.394. The van der Waals surface area contributed by atoms with Gasteiger partial charge in [0.05, 0.1) is 31.6 Å². The predicted molar refractivity (Wildman–Crippen MR) is 170 cm³/mol. The van der Waals surface area contributed by atoms with Gasteiger partial charge in [0.2, 0.25) is 17.7 Å². The van der Waals surface area contributed by atoms with Gasteiger partial charge in [-0.1, -0.05) is 24.3 Å². The van der Waals surface area contributed by atoms with E-state index in [0.717, 1.165) is 49.4 Å². The Labute approximate surface area is 274 Å². The number of alkyl halides is 3. The summed E-state index contributed by atoms with van der Waals surface area (Å²) in [6.07, 6.45) is 0.605. The predicted octanol–water partition coefficient (Wildman–Crippen LogP) is 5.72. The van der Waals surface area contributed by atoms with E-state index in [1.165, 1.54) is 18.4 Å². The molecule has 11 nitrogen and oxygen atoms in total. The Morgan fingerprint density at radius 2 is 1.33 bits per heavy atom. The first-order valence-corrected chi connectivity index (χ1v) is 15.7. The molecule has 3 aliphatic rings. The van der Waals surface area contributed by atoms with Crippen LogP contribution in [0.15, 0.2) is 67.0 Å². The Morgan fingerprint density at radius 3 is 1.83 bits per heavy atom. The molecule has 7 rings (SSSR count). The maximum atomic E-state index is 13.5. The summed E-state index contributed by atoms with van der Waals surface area (Å²) in [7, 11) is 0. The monoisotopic (exact) mass is 668 g/mol. The number of nitrogens with zero attached hydrogens (tertiary/aromatic N) is 4. The third-order valence-electron chi connectivity index (χ3n) is 7.69. The lowest BCUT2D eigenvalue weighted by atomic mass is 10.1. The summed E-state index contributed by atoms with van der Waals surface area (Å²) in [6, 6.07) is 17.5. The Balaban J connectivity index is 0.000000169. The molecule has 0 amide bonds.